The molecule has 0 aliphatic carbocycles. The van der Waals surface area contributed by atoms with Crippen molar-refractivity contribution in [2.75, 3.05) is 10.6 Å². The summed E-state index contributed by atoms with van der Waals surface area (Å²) in [6.45, 7) is 0. The molecule has 0 aliphatic heterocycles. The number of benzene rings is 2. The standard InChI is InChI=1S/C21H15F2N5O2/c22-16-4-3-5-17(23)20(16)27-21(29)26-14-6-8-15(9-7-14)30-19-12-18(24-13-25-19)28-10-1-2-11-28/h1-13H,(H2,26,27,29). The first-order chi connectivity index (χ1) is 14.6. The Bertz CT molecular complexity index is 1140. The van der Waals surface area contributed by atoms with E-state index in [1.807, 2.05) is 29.1 Å². The van der Waals surface area contributed by atoms with Crippen molar-refractivity contribution in [2.45, 2.75) is 0 Å². The molecule has 7 nitrogen and oxygen atoms in total. The minimum atomic E-state index is -0.863. The van der Waals surface area contributed by atoms with Gasteiger partial charge in [-0.15, -0.1) is 0 Å². The lowest BCUT2D eigenvalue weighted by Crippen LogP contribution is -2.20. The number of hydrogen-bond donors (Lipinski definition) is 2. The van der Waals surface area contributed by atoms with Crippen LogP contribution >= 0.6 is 0 Å². The van der Waals surface area contributed by atoms with E-state index in [2.05, 4.69) is 20.6 Å². The van der Waals surface area contributed by atoms with Gasteiger partial charge < -0.3 is 19.9 Å². The van der Waals surface area contributed by atoms with E-state index >= 15 is 0 Å². The molecule has 2 aromatic carbocycles. The molecule has 4 rings (SSSR count). The van der Waals surface area contributed by atoms with Gasteiger partial charge in [-0.2, -0.15) is 0 Å². The lowest BCUT2D eigenvalue weighted by molar-refractivity contribution is 0.262. The second kappa shape index (κ2) is 8.39. The van der Waals surface area contributed by atoms with Crippen molar-refractivity contribution in [1.82, 2.24) is 14.5 Å². The first kappa shape index (κ1) is 19.1. The zero-order chi connectivity index (χ0) is 20.9. The molecule has 0 atom stereocenters. The van der Waals surface area contributed by atoms with E-state index in [1.165, 1.54) is 12.4 Å². The van der Waals surface area contributed by atoms with Gasteiger partial charge in [0.1, 0.15) is 35.2 Å². The molecule has 0 saturated heterocycles. The minimum absolute atomic E-state index is 0.349. The molecule has 4 aromatic rings. The van der Waals surface area contributed by atoms with Crippen molar-refractivity contribution >= 4 is 17.4 Å². The van der Waals surface area contributed by atoms with Crippen molar-refractivity contribution < 1.29 is 18.3 Å². The second-order valence-electron chi connectivity index (χ2n) is 6.11. The highest BCUT2D eigenvalue weighted by Gasteiger charge is 2.12. The van der Waals surface area contributed by atoms with Crippen molar-refractivity contribution in [2.24, 2.45) is 0 Å². The van der Waals surface area contributed by atoms with Gasteiger partial charge in [-0.25, -0.2) is 23.5 Å². The van der Waals surface area contributed by atoms with E-state index in [0.29, 0.717) is 23.1 Å². The van der Waals surface area contributed by atoms with Gasteiger partial charge in [0.15, 0.2) is 0 Å². The molecule has 150 valence electrons. The summed E-state index contributed by atoms with van der Waals surface area (Å²) in [5, 5.41) is 4.65. The van der Waals surface area contributed by atoms with Crippen LogP contribution < -0.4 is 15.4 Å². The zero-order valence-corrected chi connectivity index (χ0v) is 15.4. The van der Waals surface area contributed by atoms with Crippen LogP contribution in [0.15, 0.2) is 79.4 Å². The number of aromatic nitrogens is 3. The first-order valence-electron chi connectivity index (χ1n) is 8.84. The number of nitrogens with zero attached hydrogens (tertiary/aromatic N) is 3. The molecular weight excluding hydrogens is 392 g/mol. The molecule has 9 heteroatoms. The predicted octanol–water partition coefficient (Wildman–Crippen LogP) is 4.98. The fraction of sp³-hybridized carbons (Fsp3) is 0. The van der Waals surface area contributed by atoms with E-state index in [0.717, 1.165) is 12.1 Å². The van der Waals surface area contributed by atoms with Crippen LogP contribution in [-0.4, -0.2) is 20.6 Å². The third-order valence-corrected chi connectivity index (χ3v) is 4.03. The quantitative estimate of drug-likeness (QED) is 0.489. The van der Waals surface area contributed by atoms with Crippen LogP contribution in [0.4, 0.5) is 25.0 Å². The van der Waals surface area contributed by atoms with E-state index < -0.39 is 23.4 Å². The highest BCUT2D eigenvalue weighted by molar-refractivity contribution is 5.99. The molecule has 0 bridgehead atoms. The Morgan fingerprint density at radius 3 is 2.30 bits per heavy atom. The van der Waals surface area contributed by atoms with E-state index in [4.69, 9.17) is 4.74 Å². The van der Waals surface area contributed by atoms with Gasteiger partial charge in [-0.3, -0.25) is 0 Å². The average Bonchev–Trinajstić information content (AvgIpc) is 3.28. The van der Waals surface area contributed by atoms with Crippen LogP contribution in [0.25, 0.3) is 5.82 Å². The third kappa shape index (κ3) is 4.41. The third-order valence-electron chi connectivity index (χ3n) is 4.03. The number of ether oxygens (including phenoxy) is 1. The van der Waals surface area contributed by atoms with Crippen molar-refractivity contribution in [1.29, 1.82) is 0 Å². The van der Waals surface area contributed by atoms with Gasteiger partial charge in [0.2, 0.25) is 5.88 Å². The second-order valence-corrected chi connectivity index (χ2v) is 6.11. The van der Waals surface area contributed by atoms with Crippen LogP contribution in [0.5, 0.6) is 11.6 Å². The molecule has 0 spiro atoms. The Morgan fingerprint density at radius 1 is 0.900 bits per heavy atom. The lowest BCUT2D eigenvalue weighted by Gasteiger charge is -2.10. The fourth-order valence-corrected chi connectivity index (χ4v) is 2.63. The molecule has 2 amide bonds. The van der Waals surface area contributed by atoms with Crippen LogP contribution in [0.3, 0.4) is 0 Å². The van der Waals surface area contributed by atoms with Crippen molar-refractivity contribution in [3.63, 3.8) is 0 Å². The maximum Gasteiger partial charge on any atom is 0.323 e. The SMILES string of the molecule is O=C(Nc1ccc(Oc2cc(-n3cccc3)ncn2)cc1)Nc1c(F)cccc1F. The Labute approximate surface area is 170 Å². The number of rotatable bonds is 5. The number of anilines is 2. The first-order valence-corrected chi connectivity index (χ1v) is 8.84. The number of carbonyl (C=O) groups is 1. The summed E-state index contributed by atoms with van der Waals surface area (Å²) in [7, 11) is 0. The highest BCUT2D eigenvalue weighted by atomic mass is 19.1. The maximum absolute atomic E-state index is 13.6. The van der Waals surface area contributed by atoms with E-state index in [1.54, 1.807) is 30.3 Å². The van der Waals surface area contributed by atoms with Crippen LogP contribution in [0, 0.1) is 11.6 Å². The van der Waals surface area contributed by atoms with Gasteiger partial charge in [0.05, 0.1) is 0 Å². The number of amides is 2. The minimum Gasteiger partial charge on any atom is -0.439 e. The number of urea groups is 1. The molecule has 0 fully saturated rings. The van der Waals surface area contributed by atoms with E-state index in [-0.39, 0.29) is 0 Å². The van der Waals surface area contributed by atoms with Gasteiger partial charge in [-0.05, 0) is 48.5 Å². The summed E-state index contributed by atoms with van der Waals surface area (Å²) in [6.07, 6.45) is 5.10. The predicted molar refractivity (Wildman–Crippen MR) is 107 cm³/mol. The summed E-state index contributed by atoms with van der Waals surface area (Å²) in [5.41, 5.74) is -0.107. The summed E-state index contributed by atoms with van der Waals surface area (Å²) in [4.78, 5) is 20.3. The highest BCUT2D eigenvalue weighted by Crippen LogP contribution is 2.23. The van der Waals surface area contributed by atoms with Crippen LogP contribution in [-0.2, 0) is 0 Å². The number of carbonyl (C=O) groups excluding carboxylic acids is 1. The molecule has 0 radical (unpaired) electrons. The largest absolute Gasteiger partial charge is 0.439 e. The Morgan fingerprint density at radius 2 is 1.60 bits per heavy atom. The average molecular weight is 407 g/mol. The number of halogens is 2. The van der Waals surface area contributed by atoms with Gasteiger partial charge in [-0.1, -0.05) is 6.07 Å². The zero-order valence-electron chi connectivity index (χ0n) is 15.4. The topological polar surface area (TPSA) is 81.1 Å². The molecule has 2 aromatic heterocycles. The molecule has 0 aliphatic rings. The Kier molecular flexibility index (Phi) is 5.33. The smallest absolute Gasteiger partial charge is 0.323 e. The monoisotopic (exact) mass is 407 g/mol. The van der Waals surface area contributed by atoms with Gasteiger partial charge >= 0.3 is 6.03 Å². The summed E-state index contributed by atoms with van der Waals surface area (Å²) in [6, 6.07) is 14.4. The Balaban J connectivity index is 1.40. The molecule has 0 saturated carbocycles. The fourth-order valence-electron chi connectivity index (χ4n) is 2.63. The normalized spacial score (nSPS) is 10.5. The van der Waals surface area contributed by atoms with Crippen molar-refractivity contribution in [3.05, 3.63) is 91.0 Å². The van der Waals surface area contributed by atoms with Crippen LogP contribution in [0.1, 0.15) is 0 Å². The summed E-state index contributed by atoms with van der Waals surface area (Å²) >= 11 is 0. The number of nitrogens with one attached hydrogen (secondary N) is 2. The molecule has 2 heterocycles. The lowest BCUT2D eigenvalue weighted by atomic mass is 10.3. The summed E-state index contributed by atoms with van der Waals surface area (Å²) in [5.74, 6) is -0.239. The molecular formula is C21H15F2N5O2. The van der Waals surface area contributed by atoms with Gasteiger partial charge in [0, 0.05) is 24.1 Å². The van der Waals surface area contributed by atoms with Crippen LogP contribution in [0.2, 0.25) is 0 Å². The Hall–Kier alpha value is -4.27. The molecule has 30 heavy (non-hydrogen) atoms. The van der Waals surface area contributed by atoms with Crippen molar-refractivity contribution in [3.8, 4) is 17.4 Å². The molecule has 2 N–H and O–H groups in total. The molecule has 0 unspecified atom stereocenters. The van der Waals surface area contributed by atoms with E-state index in [9.17, 15) is 13.6 Å². The summed E-state index contributed by atoms with van der Waals surface area (Å²) < 4.78 is 34.8. The number of para-hydroxylation sites is 1. The number of hydrogen-bond acceptors (Lipinski definition) is 4. The van der Waals surface area contributed by atoms with Gasteiger partial charge in [0.25, 0.3) is 0 Å². The maximum atomic E-state index is 13.6.